The minimum atomic E-state index is -0.805. The molecule has 2 aromatic rings. The van der Waals surface area contributed by atoms with Crippen LogP contribution in [0, 0.1) is 0 Å². The van der Waals surface area contributed by atoms with Crippen molar-refractivity contribution in [3.05, 3.63) is 60.2 Å². The Morgan fingerprint density at radius 3 is 2.06 bits per heavy atom. The van der Waals surface area contributed by atoms with Crippen molar-refractivity contribution in [2.45, 2.75) is 6.10 Å². The van der Waals surface area contributed by atoms with Gasteiger partial charge in [-0.1, -0.05) is 30.3 Å². The summed E-state index contributed by atoms with van der Waals surface area (Å²) in [6, 6.07) is 17.2. The van der Waals surface area contributed by atoms with Gasteiger partial charge in [0.1, 0.15) is 6.10 Å². The second-order valence-corrected chi connectivity index (χ2v) is 3.81. The maximum absolute atomic E-state index is 9.44. The average Bonchev–Trinajstić information content (AvgIpc) is 2.40. The number of hydrogen-bond acceptors (Lipinski definition) is 3. The Morgan fingerprint density at radius 2 is 1.47 bits per heavy atom. The summed E-state index contributed by atoms with van der Waals surface area (Å²) < 4.78 is 0. The van der Waals surface area contributed by atoms with E-state index in [1.54, 1.807) is 12.1 Å². The molecular weight excluding hydrogens is 214 g/mol. The summed E-state index contributed by atoms with van der Waals surface area (Å²) in [5.74, 6) is 0. The highest BCUT2D eigenvalue weighted by atomic mass is 16.3. The minimum absolute atomic E-state index is 0.258. The van der Waals surface area contributed by atoms with Crippen molar-refractivity contribution in [3.8, 4) is 0 Å². The van der Waals surface area contributed by atoms with E-state index in [0.29, 0.717) is 5.56 Å². The molecule has 0 spiro atoms. The lowest BCUT2D eigenvalue weighted by Crippen LogP contribution is -2.02. The SMILES string of the molecule is OCC(O)c1ccc(Nc2ccccc2)cc1. The molecule has 88 valence electrons. The molecule has 17 heavy (non-hydrogen) atoms. The molecule has 0 aromatic heterocycles. The molecule has 2 aromatic carbocycles. The quantitative estimate of drug-likeness (QED) is 0.754. The van der Waals surface area contributed by atoms with Crippen LogP contribution >= 0.6 is 0 Å². The van der Waals surface area contributed by atoms with E-state index in [2.05, 4.69) is 5.32 Å². The number of aliphatic hydroxyl groups excluding tert-OH is 2. The van der Waals surface area contributed by atoms with Crippen LogP contribution in [0.25, 0.3) is 0 Å². The minimum Gasteiger partial charge on any atom is -0.393 e. The van der Waals surface area contributed by atoms with Gasteiger partial charge in [-0.25, -0.2) is 0 Å². The van der Waals surface area contributed by atoms with Gasteiger partial charge in [-0.3, -0.25) is 0 Å². The van der Waals surface area contributed by atoms with Gasteiger partial charge < -0.3 is 15.5 Å². The van der Waals surface area contributed by atoms with E-state index in [1.165, 1.54) is 0 Å². The summed E-state index contributed by atoms with van der Waals surface area (Å²) in [5, 5.41) is 21.5. The Kier molecular flexibility index (Phi) is 3.75. The van der Waals surface area contributed by atoms with Crippen molar-refractivity contribution in [2.24, 2.45) is 0 Å². The molecule has 3 N–H and O–H groups in total. The smallest absolute Gasteiger partial charge is 0.102 e. The summed E-state index contributed by atoms with van der Waals surface area (Å²) in [5.41, 5.74) is 2.68. The van der Waals surface area contributed by atoms with Crippen molar-refractivity contribution in [1.82, 2.24) is 0 Å². The van der Waals surface area contributed by atoms with Crippen LogP contribution in [0.4, 0.5) is 11.4 Å². The van der Waals surface area contributed by atoms with Crippen LogP contribution in [-0.4, -0.2) is 16.8 Å². The highest BCUT2D eigenvalue weighted by molar-refractivity contribution is 5.59. The van der Waals surface area contributed by atoms with E-state index in [9.17, 15) is 5.11 Å². The van der Waals surface area contributed by atoms with Gasteiger partial charge in [0.15, 0.2) is 0 Å². The first-order valence-corrected chi connectivity index (χ1v) is 5.50. The first-order chi connectivity index (χ1) is 8.29. The fourth-order valence-corrected chi connectivity index (χ4v) is 1.58. The number of aliphatic hydroxyl groups is 2. The van der Waals surface area contributed by atoms with Crippen LogP contribution in [0.15, 0.2) is 54.6 Å². The zero-order valence-corrected chi connectivity index (χ0v) is 9.38. The Hall–Kier alpha value is -1.84. The Labute approximate surface area is 100 Å². The molecule has 0 aliphatic heterocycles. The van der Waals surface area contributed by atoms with Gasteiger partial charge in [-0.05, 0) is 29.8 Å². The van der Waals surface area contributed by atoms with Gasteiger partial charge in [0, 0.05) is 11.4 Å². The summed E-state index contributed by atoms with van der Waals surface area (Å²) >= 11 is 0. The van der Waals surface area contributed by atoms with Gasteiger partial charge >= 0.3 is 0 Å². The maximum atomic E-state index is 9.44. The maximum Gasteiger partial charge on any atom is 0.102 e. The molecule has 0 fully saturated rings. The van der Waals surface area contributed by atoms with E-state index in [4.69, 9.17) is 5.11 Å². The van der Waals surface area contributed by atoms with E-state index in [-0.39, 0.29) is 6.61 Å². The standard InChI is InChI=1S/C14H15NO2/c16-10-14(17)11-6-8-13(9-7-11)15-12-4-2-1-3-5-12/h1-9,14-17H,10H2. The van der Waals surface area contributed by atoms with E-state index in [1.807, 2.05) is 42.5 Å². The first kappa shape index (κ1) is 11.6. The second kappa shape index (κ2) is 5.48. The topological polar surface area (TPSA) is 52.5 Å². The van der Waals surface area contributed by atoms with Crippen LogP contribution in [0.1, 0.15) is 11.7 Å². The van der Waals surface area contributed by atoms with Crippen molar-refractivity contribution in [1.29, 1.82) is 0 Å². The molecule has 0 radical (unpaired) electrons. The third-order valence-electron chi connectivity index (χ3n) is 2.53. The largest absolute Gasteiger partial charge is 0.393 e. The molecule has 0 heterocycles. The van der Waals surface area contributed by atoms with Gasteiger partial charge in [0.05, 0.1) is 6.61 Å². The number of benzene rings is 2. The van der Waals surface area contributed by atoms with Crippen LogP contribution < -0.4 is 5.32 Å². The van der Waals surface area contributed by atoms with Gasteiger partial charge in [0.25, 0.3) is 0 Å². The highest BCUT2D eigenvalue weighted by Crippen LogP contribution is 2.19. The van der Waals surface area contributed by atoms with Gasteiger partial charge in [-0.15, -0.1) is 0 Å². The van der Waals surface area contributed by atoms with Crippen LogP contribution in [0.2, 0.25) is 0 Å². The van der Waals surface area contributed by atoms with Gasteiger partial charge in [-0.2, -0.15) is 0 Å². The lowest BCUT2D eigenvalue weighted by Gasteiger charge is -2.10. The lowest BCUT2D eigenvalue weighted by atomic mass is 10.1. The molecule has 0 saturated carbocycles. The molecular formula is C14H15NO2. The summed E-state index contributed by atoms with van der Waals surface area (Å²) in [6.07, 6.45) is -0.805. The summed E-state index contributed by atoms with van der Waals surface area (Å²) in [6.45, 7) is -0.258. The molecule has 0 amide bonds. The fourth-order valence-electron chi connectivity index (χ4n) is 1.58. The number of nitrogens with one attached hydrogen (secondary N) is 1. The predicted octanol–water partition coefficient (Wildman–Crippen LogP) is 2.46. The molecule has 3 nitrogen and oxygen atoms in total. The molecule has 0 aliphatic carbocycles. The summed E-state index contributed by atoms with van der Waals surface area (Å²) in [7, 11) is 0. The van der Waals surface area contributed by atoms with Crippen molar-refractivity contribution in [3.63, 3.8) is 0 Å². The molecule has 2 rings (SSSR count). The fraction of sp³-hybridized carbons (Fsp3) is 0.143. The third-order valence-corrected chi connectivity index (χ3v) is 2.53. The molecule has 3 heteroatoms. The van der Waals surface area contributed by atoms with Crippen molar-refractivity contribution in [2.75, 3.05) is 11.9 Å². The monoisotopic (exact) mass is 229 g/mol. The first-order valence-electron chi connectivity index (χ1n) is 5.50. The number of hydrogen-bond donors (Lipinski definition) is 3. The van der Waals surface area contributed by atoms with E-state index < -0.39 is 6.10 Å². The highest BCUT2D eigenvalue weighted by Gasteiger charge is 2.04. The average molecular weight is 229 g/mol. The molecule has 0 bridgehead atoms. The Bertz CT molecular complexity index is 453. The number of anilines is 2. The number of rotatable bonds is 4. The van der Waals surface area contributed by atoms with Crippen LogP contribution in [-0.2, 0) is 0 Å². The zero-order valence-electron chi connectivity index (χ0n) is 9.38. The summed E-state index contributed by atoms with van der Waals surface area (Å²) in [4.78, 5) is 0. The van der Waals surface area contributed by atoms with Gasteiger partial charge in [0.2, 0.25) is 0 Å². The molecule has 0 saturated heterocycles. The van der Waals surface area contributed by atoms with Crippen molar-refractivity contribution >= 4 is 11.4 Å². The normalized spacial score (nSPS) is 12.1. The van der Waals surface area contributed by atoms with E-state index >= 15 is 0 Å². The van der Waals surface area contributed by atoms with Crippen molar-refractivity contribution < 1.29 is 10.2 Å². The van der Waals surface area contributed by atoms with E-state index in [0.717, 1.165) is 11.4 Å². The molecule has 1 atom stereocenters. The zero-order chi connectivity index (χ0) is 12.1. The second-order valence-electron chi connectivity index (χ2n) is 3.81. The Morgan fingerprint density at radius 1 is 0.882 bits per heavy atom. The predicted molar refractivity (Wildman–Crippen MR) is 68.2 cm³/mol. The molecule has 0 aliphatic rings. The number of para-hydroxylation sites is 1. The van der Waals surface area contributed by atoms with Crippen LogP contribution in [0.3, 0.4) is 0 Å². The Balaban J connectivity index is 2.08. The third kappa shape index (κ3) is 3.06. The molecule has 1 unspecified atom stereocenters. The van der Waals surface area contributed by atoms with Crippen LogP contribution in [0.5, 0.6) is 0 Å². The lowest BCUT2D eigenvalue weighted by molar-refractivity contribution is 0.0956.